The van der Waals surface area contributed by atoms with Crippen molar-refractivity contribution in [2.45, 2.75) is 85.9 Å². The van der Waals surface area contributed by atoms with E-state index in [0.29, 0.717) is 12.1 Å². The maximum Gasteiger partial charge on any atom is 0.227 e. The largest absolute Gasteiger partial charge is 0.378 e. The molecular weight excluding hydrogens is 384 g/mol. The number of anilines is 1. The summed E-state index contributed by atoms with van der Waals surface area (Å²) in [5.74, 6) is 6.90. The number of rotatable bonds is 5. The average molecular weight is 425 g/mol. The van der Waals surface area contributed by atoms with Crippen LogP contribution in [0, 0.1) is 17.3 Å². The van der Waals surface area contributed by atoms with Crippen LogP contribution >= 0.6 is 0 Å². The molecule has 0 bridgehead atoms. The van der Waals surface area contributed by atoms with Crippen molar-refractivity contribution in [3.05, 3.63) is 41.6 Å². The lowest BCUT2D eigenvalue weighted by Gasteiger charge is -2.50. The molecule has 0 aliphatic carbocycles. The summed E-state index contributed by atoms with van der Waals surface area (Å²) >= 11 is 0. The standard InChI is InChI=1S/C27H40N2O2/c1-20(2)19-29(22(4)30)24-12-10-23(11-13-24)14-16-26(5,6)27(7,8)28(9)25-15-17-31-21(3)18-25/h10-13,19,21,25H,15,17-18H2,1-9H3. The molecule has 0 saturated carbocycles. The average Bonchev–Trinajstić information content (AvgIpc) is 2.70. The van der Waals surface area contributed by atoms with Crippen LogP contribution in [0.3, 0.4) is 0 Å². The van der Waals surface area contributed by atoms with E-state index in [4.69, 9.17) is 4.74 Å². The van der Waals surface area contributed by atoms with E-state index in [1.807, 2.05) is 44.3 Å². The minimum atomic E-state index is -0.213. The molecule has 1 aromatic rings. The summed E-state index contributed by atoms with van der Waals surface area (Å²) in [6, 6.07) is 8.40. The molecule has 2 atom stereocenters. The monoisotopic (exact) mass is 424 g/mol. The van der Waals surface area contributed by atoms with Gasteiger partial charge in [0.05, 0.1) is 6.10 Å². The molecule has 2 rings (SSSR count). The lowest BCUT2D eigenvalue weighted by Crippen LogP contribution is -2.57. The SMILES string of the molecule is CC(=O)N(C=C(C)C)c1ccc(C#CC(C)(C)C(C)(C)N(C)C2CCOC(C)C2)cc1. The Labute approximate surface area is 189 Å². The minimum absolute atomic E-state index is 0.00612. The van der Waals surface area contributed by atoms with Gasteiger partial charge in [-0.1, -0.05) is 17.4 Å². The molecule has 1 aliphatic heterocycles. The van der Waals surface area contributed by atoms with Crippen molar-refractivity contribution in [3.8, 4) is 11.8 Å². The Morgan fingerprint density at radius 1 is 1.13 bits per heavy atom. The van der Waals surface area contributed by atoms with Crippen LogP contribution in [0.4, 0.5) is 5.69 Å². The van der Waals surface area contributed by atoms with Gasteiger partial charge in [-0.2, -0.15) is 0 Å². The molecule has 1 aliphatic rings. The molecule has 0 aromatic heterocycles. The third-order valence-electron chi connectivity index (χ3n) is 6.81. The van der Waals surface area contributed by atoms with Gasteiger partial charge in [-0.25, -0.2) is 0 Å². The Hall–Kier alpha value is -2.09. The Balaban J connectivity index is 2.20. The van der Waals surface area contributed by atoms with Crippen LogP contribution < -0.4 is 4.90 Å². The zero-order valence-corrected chi connectivity index (χ0v) is 20.9. The Bertz CT molecular complexity index is 851. The van der Waals surface area contributed by atoms with Crippen LogP contribution in [-0.4, -0.2) is 42.1 Å². The van der Waals surface area contributed by atoms with Crippen molar-refractivity contribution in [2.24, 2.45) is 5.41 Å². The topological polar surface area (TPSA) is 32.8 Å². The summed E-state index contributed by atoms with van der Waals surface area (Å²) in [6.45, 7) is 17.5. The zero-order valence-electron chi connectivity index (χ0n) is 20.9. The van der Waals surface area contributed by atoms with Crippen LogP contribution in [-0.2, 0) is 9.53 Å². The fraction of sp³-hybridized carbons (Fsp3) is 0.593. The van der Waals surface area contributed by atoms with Crippen LogP contribution in [0.5, 0.6) is 0 Å². The molecule has 0 radical (unpaired) electrons. The van der Waals surface area contributed by atoms with Gasteiger partial charge in [-0.05, 0) is 92.6 Å². The molecular formula is C27H40N2O2. The fourth-order valence-electron chi connectivity index (χ4n) is 3.92. The highest BCUT2D eigenvalue weighted by molar-refractivity contribution is 5.93. The van der Waals surface area contributed by atoms with E-state index in [-0.39, 0.29) is 16.9 Å². The molecule has 31 heavy (non-hydrogen) atoms. The molecule has 2 unspecified atom stereocenters. The first kappa shape index (κ1) is 25.2. The van der Waals surface area contributed by atoms with Gasteiger partial charge in [0.25, 0.3) is 0 Å². The van der Waals surface area contributed by atoms with Crippen molar-refractivity contribution in [1.29, 1.82) is 0 Å². The van der Waals surface area contributed by atoms with Gasteiger partial charge in [0, 0.05) is 48.0 Å². The summed E-state index contributed by atoms with van der Waals surface area (Å²) in [4.78, 5) is 16.2. The van der Waals surface area contributed by atoms with Crippen LogP contribution in [0.1, 0.15) is 73.8 Å². The summed E-state index contributed by atoms with van der Waals surface area (Å²) in [5.41, 5.74) is 2.57. The lowest BCUT2D eigenvalue weighted by molar-refractivity contribution is -0.116. The molecule has 1 saturated heterocycles. The van der Waals surface area contributed by atoms with Gasteiger partial charge in [0.1, 0.15) is 0 Å². The zero-order chi connectivity index (χ0) is 23.4. The normalized spacial score (nSPS) is 19.4. The number of hydrogen-bond acceptors (Lipinski definition) is 3. The highest BCUT2D eigenvalue weighted by Crippen LogP contribution is 2.37. The Kier molecular flexibility index (Phi) is 8.14. The molecule has 0 N–H and O–H groups in total. The van der Waals surface area contributed by atoms with Gasteiger partial charge < -0.3 is 4.74 Å². The second-order valence-corrected chi connectivity index (χ2v) is 10.0. The summed E-state index contributed by atoms with van der Waals surface area (Å²) in [5, 5.41) is 0. The number of amides is 1. The van der Waals surface area contributed by atoms with Gasteiger partial charge >= 0.3 is 0 Å². The number of benzene rings is 1. The van der Waals surface area contributed by atoms with Crippen molar-refractivity contribution in [3.63, 3.8) is 0 Å². The molecule has 4 heteroatoms. The number of allylic oxidation sites excluding steroid dienone is 1. The number of ether oxygens (including phenoxy) is 1. The van der Waals surface area contributed by atoms with Crippen LogP contribution in [0.25, 0.3) is 0 Å². The number of nitrogens with zero attached hydrogens (tertiary/aromatic N) is 2. The third kappa shape index (κ3) is 6.21. The maximum absolute atomic E-state index is 12.0. The van der Waals surface area contributed by atoms with E-state index in [9.17, 15) is 4.79 Å². The van der Waals surface area contributed by atoms with Crippen LogP contribution in [0.15, 0.2) is 36.0 Å². The minimum Gasteiger partial charge on any atom is -0.378 e. The van der Waals surface area contributed by atoms with Crippen LogP contribution in [0.2, 0.25) is 0 Å². The summed E-state index contributed by atoms with van der Waals surface area (Å²) in [7, 11) is 2.22. The Morgan fingerprint density at radius 3 is 2.26 bits per heavy atom. The highest BCUT2D eigenvalue weighted by Gasteiger charge is 2.42. The van der Waals surface area contributed by atoms with E-state index in [1.165, 1.54) is 0 Å². The summed E-state index contributed by atoms with van der Waals surface area (Å²) in [6.07, 6.45) is 4.30. The van der Waals surface area contributed by atoms with E-state index in [0.717, 1.165) is 36.3 Å². The van der Waals surface area contributed by atoms with Crippen molar-refractivity contribution in [1.82, 2.24) is 4.90 Å². The lowest BCUT2D eigenvalue weighted by atomic mass is 9.73. The molecule has 170 valence electrons. The maximum atomic E-state index is 12.0. The first-order valence-corrected chi connectivity index (χ1v) is 11.3. The van der Waals surface area contributed by atoms with E-state index < -0.39 is 0 Å². The molecule has 4 nitrogen and oxygen atoms in total. The quantitative estimate of drug-likeness (QED) is 0.575. The van der Waals surface area contributed by atoms with Crippen molar-refractivity contribution in [2.75, 3.05) is 18.6 Å². The third-order valence-corrected chi connectivity index (χ3v) is 6.81. The first-order chi connectivity index (χ1) is 14.3. The molecule has 1 aromatic carbocycles. The number of carbonyl (C=O) groups is 1. The second kappa shape index (κ2) is 10.0. The summed E-state index contributed by atoms with van der Waals surface area (Å²) < 4.78 is 5.74. The van der Waals surface area contributed by atoms with Gasteiger partial charge in [0.15, 0.2) is 0 Å². The second-order valence-electron chi connectivity index (χ2n) is 10.0. The first-order valence-electron chi connectivity index (χ1n) is 11.3. The van der Waals surface area contributed by atoms with Gasteiger partial charge in [0.2, 0.25) is 5.91 Å². The van der Waals surface area contributed by atoms with E-state index in [1.54, 1.807) is 11.8 Å². The fourth-order valence-corrected chi connectivity index (χ4v) is 3.92. The van der Waals surface area contributed by atoms with E-state index >= 15 is 0 Å². The van der Waals surface area contributed by atoms with Gasteiger partial charge in [-0.15, -0.1) is 0 Å². The van der Waals surface area contributed by atoms with Crippen molar-refractivity contribution >= 4 is 11.6 Å². The van der Waals surface area contributed by atoms with Crippen molar-refractivity contribution < 1.29 is 9.53 Å². The van der Waals surface area contributed by atoms with Gasteiger partial charge in [-0.3, -0.25) is 14.6 Å². The number of carbonyl (C=O) groups excluding carboxylic acids is 1. The predicted molar refractivity (Wildman–Crippen MR) is 130 cm³/mol. The smallest absolute Gasteiger partial charge is 0.227 e. The molecule has 0 spiro atoms. The van der Waals surface area contributed by atoms with E-state index in [2.05, 4.69) is 58.4 Å². The molecule has 1 amide bonds. The predicted octanol–water partition coefficient (Wildman–Crippen LogP) is 5.62. The molecule has 1 heterocycles. The molecule has 1 fully saturated rings. The number of hydrogen-bond donors (Lipinski definition) is 0. The highest BCUT2D eigenvalue weighted by atomic mass is 16.5. The Morgan fingerprint density at radius 2 is 1.74 bits per heavy atom.